The number of isocyanates is 1. The normalized spacial score (nSPS) is 12.8. The summed E-state index contributed by atoms with van der Waals surface area (Å²) in [6.07, 6.45) is 1.20. The number of rotatable bonds is 3. The molecule has 8 heteroatoms. The number of halogens is 3. The molecule has 0 aliphatic heterocycles. The molecule has 0 saturated carbocycles. The van der Waals surface area contributed by atoms with E-state index in [0.717, 1.165) is 12.1 Å². The van der Waals surface area contributed by atoms with Gasteiger partial charge in [0.1, 0.15) is 0 Å². The number of nitrogens with zero attached hydrogens (tertiary/aromatic N) is 1. The van der Waals surface area contributed by atoms with Crippen molar-refractivity contribution in [2.75, 3.05) is 5.43 Å². The fourth-order valence-corrected chi connectivity index (χ4v) is 1.52. The molecule has 0 amide bonds. The molecule has 16 heavy (non-hydrogen) atoms. The molecule has 0 aliphatic rings. The van der Waals surface area contributed by atoms with E-state index in [4.69, 9.17) is 0 Å². The Morgan fingerprint density at radius 1 is 1.31 bits per heavy atom. The van der Waals surface area contributed by atoms with E-state index in [1.807, 2.05) is 0 Å². The number of hydrazone groups is 1. The van der Waals surface area contributed by atoms with Crippen molar-refractivity contribution < 1.29 is 22.5 Å². The number of carbonyl (C=O) groups excluding carboxylic acids is 1. The molecule has 0 aliphatic carbocycles. The van der Waals surface area contributed by atoms with Crippen LogP contribution in [0.3, 0.4) is 0 Å². The molecule has 0 spiro atoms. The van der Waals surface area contributed by atoms with Gasteiger partial charge in [0.25, 0.3) is 6.08 Å². The monoisotopic (exact) mass is 250 g/mol. The Morgan fingerprint density at radius 2 is 1.88 bits per heavy atom. The Labute approximate surface area is 91.3 Å². The third-order valence-corrected chi connectivity index (χ3v) is 2.63. The maximum atomic E-state index is 12.1. The number of alkyl halides is 3. The Bertz CT molecular complexity index is 401. The smallest absolute Gasteiger partial charge is 0.578 e. The zero-order chi connectivity index (χ0) is 12.2. The minimum Gasteiger partial charge on any atom is -0.604 e. The van der Waals surface area contributed by atoms with Crippen molar-refractivity contribution in [3.8, 4) is 0 Å². The van der Waals surface area contributed by atoms with Gasteiger partial charge in [0.2, 0.25) is 0 Å². The topological polar surface area (TPSA) is 64.5 Å². The zero-order valence-electron chi connectivity index (χ0n) is 7.62. The quantitative estimate of drug-likeness (QED) is 0.386. The van der Waals surface area contributed by atoms with E-state index in [-0.39, 0.29) is 4.90 Å². The predicted octanol–water partition coefficient (Wildman–Crippen LogP) is 1.98. The lowest BCUT2D eigenvalue weighted by Crippen LogP contribution is -2.23. The van der Waals surface area contributed by atoms with Gasteiger partial charge in [-0.15, -0.1) is 13.2 Å². The van der Waals surface area contributed by atoms with Crippen LogP contribution < -0.4 is 5.43 Å². The molecule has 1 atom stereocenters. The number of hydrogen-bond donors (Lipinski definition) is 1. The van der Waals surface area contributed by atoms with Crippen molar-refractivity contribution >= 4 is 22.9 Å². The molecule has 0 radical (unpaired) electrons. The SMILES string of the molecule is O=C=NNc1ccc([S+]([O-])C(F)(F)F)cc1. The molecule has 0 fully saturated rings. The van der Waals surface area contributed by atoms with Crippen molar-refractivity contribution in [3.05, 3.63) is 24.3 Å². The summed E-state index contributed by atoms with van der Waals surface area (Å²) in [6, 6.07) is 4.51. The van der Waals surface area contributed by atoms with E-state index in [1.165, 1.54) is 18.2 Å². The summed E-state index contributed by atoms with van der Waals surface area (Å²) in [7, 11) is 0. The maximum Gasteiger partial charge on any atom is 0.578 e. The van der Waals surface area contributed by atoms with Crippen LogP contribution >= 0.6 is 0 Å². The third-order valence-electron chi connectivity index (χ3n) is 1.51. The summed E-state index contributed by atoms with van der Waals surface area (Å²) in [5, 5.41) is 3.01. The zero-order valence-corrected chi connectivity index (χ0v) is 8.43. The van der Waals surface area contributed by atoms with Gasteiger partial charge >= 0.3 is 5.51 Å². The molecule has 0 bridgehead atoms. The highest BCUT2D eigenvalue weighted by molar-refractivity contribution is 7.92. The molecule has 1 aromatic carbocycles. The largest absolute Gasteiger partial charge is 0.604 e. The molecule has 0 saturated heterocycles. The molecule has 86 valence electrons. The standard InChI is InChI=1S/C8H5F3N2O2S/c9-8(10,11)16(15)7-3-1-6(2-4-7)13-12-5-14/h1-4,13H. The third kappa shape index (κ3) is 3.27. The first kappa shape index (κ1) is 12.6. The number of benzene rings is 1. The Morgan fingerprint density at radius 3 is 2.31 bits per heavy atom. The van der Waals surface area contributed by atoms with Gasteiger partial charge in [-0.25, -0.2) is 4.79 Å². The highest BCUT2D eigenvalue weighted by Crippen LogP contribution is 2.30. The van der Waals surface area contributed by atoms with Crippen LogP contribution in [0.2, 0.25) is 0 Å². The van der Waals surface area contributed by atoms with Gasteiger partial charge < -0.3 is 4.55 Å². The number of hydrogen-bond acceptors (Lipinski definition) is 4. The first-order chi connectivity index (χ1) is 7.45. The van der Waals surface area contributed by atoms with Crippen molar-refractivity contribution in [2.45, 2.75) is 10.4 Å². The minimum absolute atomic E-state index is 0.297. The highest BCUT2D eigenvalue weighted by atomic mass is 32.2. The van der Waals surface area contributed by atoms with Crippen molar-refractivity contribution in [1.29, 1.82) is 0 Å². The average molecular weight is 250 g/mol. The van der Waals surface area contributed by atoms with Gasteiger partial charge in [0.15, 0.2) is 4.90 Å². The molecular weight excluding hydrogens is 245 g/mol. The first-order valence-corrected chi connectivity index (χ1v) is 5.01. The average Bonchev–Trinajstić information content (AvgIpc) is 2.25. The summed E-state index contributed by atoms with van der Waals surface area (Å²) < 4.78 is 47.0. The molecule has 4 nitrogen and oxygen atoms in total. The van der Waals surface area contributed by atoms with Gasteiger partial charge in [-0.05, 0) is 24.3 Å². The second-order valence-electron chi connectivity index (χ2n) is 2.55. The van der Waals surface area contributed by atoms with Crippen LogP contribution in [0.25, 0.3) is 0 Å². The van der Waals surface area contributed by atoms with Gasteiger partial charge in [0.05, 0.1) is 16.9 Å². The fourth-order valence-electron chi connectivity index (χ4n) is 0.874. The van der Waals surface area contributed by atoms with Crippen LogP contribution in [0.4, 0.5) is 18.9 Å². The molecule has 1 N–H and O–H groups in total. The van der Waals surface area contributed by atoms with Gasteiger partial charge in [-0.2, -0.15) is 0 Å². The van der Waals surface area contributed by atoms with E-state index in [1.54, 1.807) is 0 Å². The van der Waals surface area contributed by atoms with E-state index in [9.17, 15) is 22.5 Å². The highest BCUT2D eigenvalue weighted by Gasteiger charge is 2.45. The number of anilines is 1. The van der Waals surface area contributed by atoms with Gasteiger partial charge in [-0.1, -0.05) is 5.10 Å². The first-order valence-electron chi connectivity index (χ1n) is 3.86. The van der Waals surface area contributed by atoms with Crippen LogP contribution in [0.5, 0.6) is 0 Å². The number of nitrogens with one attached hydrogen (secondary N) is 1. The van der Waals surface area contributed by atoms with Crippen molar-refractivity contribution in [2.24, 2.45) is 5.10 Å². The van der Waals surface area contributed by atoms with Crippen molar-refractivity contribution in [3.63, 3.8) is 0 Å². The van der Waals surface area contributed by atoms with E-state index in [0.29, 0.717) is 5.69 Å². The second kappa shape index (κ2) is 5.02. The predicted molar refractivity (Wildman–Crippen MR) is 50.6 cm³/mol. The Balaban J connectivity index is 2.82. The summed E-state index contributed by atoms with van der Waals surface area (Å²) >= 11 is -3.05. The van der Waals surface area contributed by atoms with E-state index < -0.39 is 16.7 Å². The second-order valence-corrected chi connectivity index (χ2v) is 4.03. The lowest BCUT2D eigenvalue weighted by molar-refractivity contribution is -0.0435. The van der Waals surface area contributed by atoms with Crippen molar-refractivity contribution in [1.82, 2.24) is 0 Å². The molecular formula is C8H5F3N2O2S. The van der Waals surface area contributed by atoms with Crippen LogP contribution in [0, 0.1) is 0 Å². The van der Waals surface area contributed by atoms with Crippen LogP contribution in [0.15, 0.2) is 34.3 Å². The summed E-state index contributed by atoms with van der Waals surface area (Å²) in [4.78, 5) is 9.37. The van der Waals surface area contributed by atoms with Gasteiger partial charge in [-0.3, -0.25) is 5.43 Å². The molecule has 1 rings (SSSR count). The van der Waals surface area contributed by atoms with Crippen LogP contribution in [-0.4, -0.2) is 16.1 Å². The Kier molecular flexibility index (Phi) is 3.94. The maximum absolute atomic E-state index is 12.1. The van der Waals surface area contributed by atoms with E-state index >= 15 is 0 Å². The molecule has 0 heterocycles. The van der Waals surface area contributed by atoms with Crippen LogP contribution in [0.1, 0.15) is 0 Å². The lowest BCUT2D eigenvalue weighted by atomic mass is 10.3. The summed E-state index contributed by atoms with van der Waals surface area (Å²) in [6.45, 7) is 0. The lowest BCUT2D eigenvalue weighted by Gasteiger charge is -2.11. The van der Waals surface area contributed by atoms with E-state index in [2.05, 4.69) is 10.5 Å². The molecule has 1 unspecified atom stereocenters. The minimum atomic E-state index is -4.78. The van der Waals surface area contributed by atoms with Gasteiger partial charge in [0, 0.05) is 0 Å². The summed E-state index contributed by atoms with van der Waals surface area (Å²) in [5.74, 6) is 0. The van der Waals surface area contributed by atoms with Crippen LogP contribution in [-0.2, 0) is 16.0 Å². The fraction of sp³-hybridized carbons (Fsp3) is 0.125. The summed E-state index contributed by atoms with van der Waals surface area (Å²) in [5.41, 5.74) is -2.26. The molecule has 1 aromatic rings. The molecule has 0 aromatic heterocycles. The Hall–Kier alpha value is -1.50.